The molecule has 1 aliphatic rings. The van der Waals surface area contributed by atoms with Gasteiger partial charge in [0.2, 0.25) is 0 Å². The van der Waals surface area contributed by atoms with Crippen LogP contribution in [0.3, 0.4) is 0 Å². The molecule has 1 saturated heterocycles. The van der Waals surface area contributed by atoms with Gasteiger partial charge in [-0.05, 0) is 56.9 Å². The van der Waals surface area contributed by atoms with Gasteiger partial charge in [0.1, 0.15) is 5.82 Å². The standard InChI is InChI=1S/C16H24ClFN2/c1-2-9-20(11-13-5-4-8-19-10-13)12-14-15(17)6-3-7-16(14)18/h3,6-7,13,19H,2,4-5,8-12H2,1H3. The molecule has 0 aromatic heterocycles. The average molecular weight is 299 g/mol. The molecule has 0 amide bonds. The molecule has 1 heterocycles. The summed E-state index contributed by atoms with van der Waals surface area (Å²) in [5.41, 5.74) is 0.631. The number of piperidine rings is 1. The third-order valence-corrected chi connectivity index (χ3v) is 4.25. The summed E-state index contributed by atoms with van der Waals surface area (Å²) in [7, 11) is 0. The molecule has 1 aromatic rings. The first kappa shape index (κ1) is 15.7. The van der Waals surface area contributed by atoms with E-state index in [0.717, 1.165) is 32.6 Å². The Morgan fingerprint density at radius 2 is 2.30 bits per heavy atom. The van der Waals surface area contributed by atoms with Crippen molar-refractivity contribution in [2.45, 2.75) is 32.7 Å². The average Bonchev–Trinajstić information content (AvgIpc) is 2.44. The minimum absolute atomic E-state index is 0.194. The minimum atomic E-state index is -0.194. The number of nitrogens with zero attached hydrogens (tertiary/aromatic N) is 1. The minimum Gasteiger partial charge on any atom is -0.316 e. The molecule has 4 heteroatoms. The van der Waals surface area contributed by atoms with E-state index in [4.69, 9.17) is 11.6 Å². The highest BCUT2D eigenvalue weighted by Gasteiger charge is 2.18. The lowest BCUT2D eigenvalue weighted by Crippen LogP contribution is -2.38. The fraction of sp³-hybridized carbons (Fsp3) is 0.625. The fourth-order valence-corrected chi connectivity index (χ4v) is 3.13. The van der Waals surface area contributed by atoms with Crippen molar-refractivity contribution < 1.29 is 4.39 Å². The molecule has 0 aliphatic carbocycles. The Bertz CT molecular complexity index is 399. The molecule has 1 N–H and O–H groups in total. The van der Waals surface area contributed by atoms with E-state index in [-0.39, 0.29) is 5.82 Å². The maximum absolute atomic E-state index is 13.9. The number of benzene rings is 1. The van der Waals surface area contributed by atoms with Gasteiger partial charge in [0, 0.05) is 23.7 Å². The van der Waals surface area contributed by atoms with Crippen molar-refractivity contribution in [1.29, 1.82) is 0 Å². The molecule has 2 rings (SSSR count). The Hall–Kier alpha value is -0.640. The number of rotatable bonds is 6. The number of hydrogen-bond acceptors (Lipinski definition) is 2. The van der Waals surface area contributed by atoms with Crippen LogP contribution in [-0.4, -0.2) is 31.1 Å². The van der Waals surface area contributed by atoms with Gasteiger partial charge < -0.3 is 5.32 Å². The Balaban J connectivity index is 2.00. The van der Waals surface area contributed by atoms with Crippen LogP contribution in [0.1, 0.15) is 31.7 Å². The van der Waals surface area contributed by atoms with Gasteiger partial charge in [-0.15, -0.1) is 0 Å². The van der Waals surface area contributed by atoms with Crippen LogP contribution in [-0.2, 0) is 6.54 Å². The van der Waals surface area contributed by atoms with Crippen molar-refractivity contribution in [2.75, 3.05) is 26.2 Å². The van der Waals surface area contributed by atoms with Crippen molar-refractivity contribution in [2.24, 2.45) is 5.92 Å². The number of hydrogen-bond donors (Lipinski definition) is 1. The molecule has 0 spiro atoms. The lowest BCUT2D eigenvalue weighted by molar-refractivity contribution is 0.199. The summed E-state index contributed by atoms with van der Waals surface area (Å²) in [4.78, 5) is 2.34. The summed E-state index contributed by atoms with van der Waals surface area (Å²) in [6, 6.07) is 4.93. The largest absolute Gasteiger partial charge is 0.316 e. The summed E-state index contributed by atoms with van der Waals surface area (Å²) in [5, 5.41) is 3.98. The first-order chi connectivity index (χ1) is 9.70. The molecule has 1 aliphatic heterocycles. The van der Waals surface area contributed by atoms with Crippen molar-refractivity contribution in [3.63, 3.8) is 0 Å². The molecule has 20 heavy (non-hydrogen) atoms. The van der Waals surface area contributed by atoms with Gasteiger partial charge in [-0.1, -0.05) is 24.6 Å². The Kier molecular flexibility index (Phi) is 6.27. The Morgan fingerprint density at radius 3 is 2.95 bits per heavy atom. The maximum atomic E-state index is 13.9. The van der Waals surface area contributed by atoms with Crippen LogP contribution in [0.5, 0.6) is 0 Å². The summed E-state index contributed by atoms with van der Waals surface area (Å²) in [6.45, 7) is 6.98. The van der Waals surface area contributed by atoms with Gasteiger partial charge >= 0.3 is 0 Å². The highest BCUT2D eigenvalue weighted by Crippen LogP contribution is 2.22. The third-order valence-electron chi connectivity index (χ3n) is 3.90. The van der Waals surface area contributed by atoms with E-state index in [1.165, 1.54) is 18.9 Å². The molecule has 1 unspecified atom stereocenters. The quantitative estimate of drug-likeness (QED) is 0.861. The highest BCUT2D eigenvalue weighted by molar-refractivity contribution is 6.31. The van der Waals surface area contributed by atoms with Crippen molar-refractivity contribution in [1.82, 2.24) is 10.2 Å². The van der Waals surface area contributed by atoms with Gasteiger partial charge in [-0.2, -0.15) is 0 Å². The Labute approximate surface area is 126 Å². The van der Waals surface area contributed by atoms with Crippen molar-refractivity contribution >= 4 is 11.6 Å². The molecule has 0 bridgehead atoms. The van der Waals surface area contributed by atoms with E-state index >= 15 is 0 Å². The van der Waals surface area contributed by atoms with Gasteiger partial charge in [-0.3, -0.25) is 4.90 Å². The smallest absolute Gasteiger partial charge is 0.129 e. The molecule has 2 nitrogen and oxygen atoms in total. The van der Waals surface area contributed by atoms with E-state index in [1.807, 2.05) is 0 Å². The van der Waals surface area contributed by atoms with E-state index in [1.54, 1.807) is 12.1 Å². The summed E-state index contributed by atoms with van der Waals surface area (Å²) in [5.74, 6) is 0.473. The van der Waals surface area contributed by atoms with Gasteiger partial charge in [0.25, 0.3) is 0 Å². The van der Waals surface area contributed by atoms with Crippen LogP contribution in [0.25, 0.3) is 0 Å². The normalized spacial score (nSPS) is 19.5. The monoisotopic (exact) mass is 298 g/mol. The first-order valence-electron chi connectivity index (χ1n) is 7.56. The number of nitrogens with one attached hydrogen (secondary N) is 1. The zero-order valence-electron chi connectivity index (χ0n) is 12.2. The fourth-order valence-electron chi connectivity index (χ4n) is 2.90. The topological polar surface area (TPSA) is 15.3 Å². The molecular weight excluding hydrogens is 275 g/mol. The van der Waals surface area contributed by atoms with E-state index < -0.39 is 0 Å². The first-order valence-corrected chi connectivity index (χ1v) is 7.94. The van der Waals surface area contributed by atoms with Crippen LogP contribution >= 0.6 is 11.6 Å². The van der Waals surface area contributed by atoms with Crippen LogP contribution < -0.4 is 5.32 Å². The van der Waals surface area contributed by atoms with Gasteiger partial charge in [-0.25, -0.2) is 4.39 Å². The van der Waals surface area contributed by atoms with Crippen LogP contribution in [0, 0.1) is 11.7 Å². The van der Waals surface area contributed by atoms with E-state index in [2.05, 4.69) is 17.1 Å². The van der Waals surface area contributed by atoms with E-state index in [0.29, 0.717) is 23.0 Å². The zero-order valence-corrected chi connectivity index (χ0v) is 12.9. The highest BCUT2D eigenvalue weighted by atomic mass is 35.5. The van der Waals surface area contributed by atoms with Crippen LogP contribution in [0.15, 0.2) is 18.2 Å². The lowest BCUT2D eigenvalue weighted by Gasteiger charge is -2.30. The SMILES string of the molecule is CCCN(Cc1c(F)cccc1Cl)CC1CCCNC1. The predicted molar refractivity (Wildman–Crippen MR) is 82.6 cm³/mol. The predicted octanol–water partition coefficient (Wildman–Crippen LogP) is 3.69. The molecule has 1 fully saturated rings. The van der Waals surface area contributed by atoms with E-state index in [9.17, 15) is 4.39 Å². The Morgan fingerprint density at radius 1 is 1.45 bits per heavy atom. The van der Waals surface area contributed by atoms with Crippen LogP contribution in [0.2, 0.25) is 5.02 Å². The molecule has 1 atom stereocenters. The molecule has 0 radical (unpaired) electrons. The summed E-state index contributed by atoms with van der Waals surface area (Å²) >= 11 is 6.14. The molecule has 112 valence electrons. The number of halogens is 2. The van der Waals surface area contributed by atoms with Crippen molar-refractivity contribution in [3.8, 4) is 0 Å². The van der Waals surface area contributed by atoms with Gasteiger partial charge in [0.15, 0.2) is 0 Å². The zero-order chi connectivity index (χ0) is 14.4. The van der Waals surface area contributed by atoms with Gasteiger partial charge in [0.05, 0.1) is 0 Å². The summed E-state index contributed by atoms with van der Waals surface area (Å²) in [6.07, 6.45) is 3.58. The molecular formula is C16H24ClFN2. The lowest BCUT2D eigenvalue weighted by atomic mass is 9.98. The molecule has 1 aromatic carbocycles. The summed E-state index contributed by atoms with van der Waals surface area (Å²) < 4.78 is 13.9. The second-order valence-corrected chi connectivity index (χ2v) is 6.05. The second-order valence-electron chi connectivity index (χ2n) is 5.65. The maximum Gasteiger partial charge on any atom is 0.129 e. The second kappa shape index (κ2) is 7.96. The van der Waals surface area contributed by atoms with Crippen molar-refractivity contribution in [3.05, 3.63) is 34.6 Å². The molecule has 0 saturated carbocycles. The van der Waals surface area contributed by atoms with Crippen LogP contribution in [0.4, 0.5) is 4.39 Å². The third kappa shape index (κ3) is 4.44.